The zero-order valence-corrected chi connectivity index (χ0v) is 14.4. The third-order valence-corrected chi connectivity index (χ3v) is 4.54. The SMILES string of the molecule is Cc1cccc(C(O)c2ccc3nnc(-c4ccccc4Cl)n3c2)c1. The molecule has 0 aliphatic rings. The van der Waals surface area contributed by atoms with Crippen molar-refractivity contribution in [2.45, 2.75) is 13.0 Å². The molecule has 2 aromatic carbocycles. The van der Waals surface area contributed by atoms with E-state index < -0.39 is 6.10 Å². The van der Waals surface area contributed by atoms with E-state index in [1.807, 2.05) is 78.2 Å². The molecule has 0 bridgehead atoms. The van der Waals surface area contributed by atoms with Gasteiger partial charge >= 0.3 is 0 Å². The molecule has 1 unspecified atom stereocenters. The van der Waals surface area contributed by atoms with Crippen molar-refractivity contribution in [1.82, 2.24) is 14.6 Å². The largest absolute Gasteiger partial charge is 0.384 e. The monoisotopic (exact) mass is 349 g/mol. The lowest BCUT2D eigenvalue weighted by atomic mass is 10.0. The molecule has 0 amide bonds. The Labute approximate surface area is 150 Å². The van der Waals surface area contributed by atoms with Crippen LogP contribution >= 0.6 is 11.6 Å². The number of nitrogens with zero attached hydrogens (tertiary/aromatic N) is 3. The minimum absolute atomic E-state index is 0.612. The highest BCUT2D eigenvalue weighted by Crippen LogP contribution is 2.28. The fourth-order valence-electron chi connectivity index (χ4n) is 2.93. The molecule has 4 aromatic rings. The van der Waals surface area contributed by atoms with Crippen LogP contribution < -0.4 is 0 Å². The average molecular weight is 350 g/mol. The lowest BCUT2D eigenvalue weighted by molar-refractivity contribution is 0.219. The Morgan fingerprint density at radius 1 is 0.960 bits per heavy atom. The summed E-state index contributed by atoms with van der Waals surface area (Å²) >= 11 is 6.30. The highest BCUT2D eigenvalue weighted by atomic mass is 35.5. The van der Waals surface area contributed by atoms with Crippen molar-refractivity contribution < 1.29 is 5.11 Å². The molecule has 0 saturated heterocycles. The molecule has 0 radical (unpaired) electrons. The van der Waals surface area contributed by atoms with Crippen LogP contribution in [0.2, 0.25) is 5.02 Å². The van der Waals surface area contributed by atoms with E-state index in [1.165, 1.54) is 0 Å². The Bertz CT molecular complexity index is 1060. The van der Waals surface area contributed by atoms with E-state index in [-0.39, 0.29) is 0 Å². The number of aliphatic hydroxyl groups is 1. The molecule has 1 N–H and O–H groups in total. The van der Waals surface area contributed by atoms with Crippen molar-refractivity contribution in [3.63, 3.8) is 0 Å². The molecule has 25 heavy (non-hydrogen) atoms. The lowest BCUT2D eigenvalue weighted by Crippen LogP contribution is -2.02. The standard InChI is InChI=1S/C20H16ClN3O/c1-13-5-4-6-14(11-13)19(25)15-9-10-18-22-23-20(24(18)12-15)16-7-2-3-8-17(16)21/h2-12,19,25H,1H3. The van der Waals surface area contributed by atoms with Gasteiger partial charge in [-0.2, -0.15) is 0 Å². The van der Waals surface area contributed by atoms with Gasteiger partial charge in [-0.25, -0.2) is 0 Å². The van der Waals surface area contributed by atoms with Crippen LogP contribution in [0.1, 0.15) is 22.8 Å². The minimum Gasteiger partial charge on any atom is -0.384 e. The first-order valence-corrected chi connectivity index (χ1v) is 8.35. The van der Waals surface area contributed by atoms with Gasteiger partial charge in [0.05, 0.1) is 5.02 Å². The maximum absolute atomic E-state index is 10.7. The fourth-order valence-corrected chi connectivity index (χ4v) is 3.15. The Morgan fingerprint density at radius 2 is 1.80 bits per heavy atom. The van der Waals surface area contributed by atoms with Crippen molar-refractivity contribution in [2.24, 2.45) is 0 Å². The first-order chi connectivity index (χ1) is 12.1. The van der Waals surface area contributed by atoms with Crippen molar-refractivity contribution in [3.05, 3.63) is 88.6 Å². The highest BCUT2D eigenvalue weighted by Gasteiger charge is 2.15. The molecular formula is C20H16ClN3O. The summed E-state index contributed by atoms with van der Waals surface area (Å²) in [5, 5.41) is 19.8. The number of hydrogen-bond donors (Lipinski definition) is 1. The first kappa shape index (κ1) is 15.8. The summed E-state index contributed by atoms with van der Waals surface area (Å²) in [6, 6.07) is 19.1. The van der Waals surface area contributed by atoms with Gasteiger partial charge in [-0.05, 0) is 30.7 Å². The smallest absolute Gasteiger partial charge is 0.169 e. The van der Waals surface area contributed by atoms with Gasteiger partial charge in [0.2, 0.25) is 0 Å². The van der Waals surface area contributed by atoms with Crippen LogP contribution in [0.25, 0.3) is 17.0 Å². The molecule has 0 saturated carbocycles. The molecule has 0 fully saturated rings. The molecule has 4 rings (SSSR count). The molecule has 0 spiro atoms. The van der Waals surface area contributed by atoms with Gasteiger partial charge in [-0.1, -0.05) is 59.6 Å². The minimum atomic E-state index is -0.717. The number of aliphatic hydroxyl groups excluding tert-OH is 1. The van der Waals surface area contributed by atoms with Gasteiger partial charge in [0.15, 0.2) is 11.5 Å². The Morgan fingerprint density at radius 3 is 2.60 bits per heavy atom. The van der Waals surface area contributed by atoms with Crippen molar-refractivity contribution in [3.8, 4) is 11.4 Å². The molecule has 4 nitrogen and oxygen atoms in total. The number of rotatable bonds is 3. The third-order valence-electron chi connectivity index (χ3n) is 4.21. The van der Waals surface area contributed by atoms with Crippen LogP contribution in [0.5, 0.6) is 0 Å². The van der Waals surface area contributed by atoms with Gasteiger partial charge in [0, 0.05) is 17.3 Å². The van der Waals surface area contributed by atoms with Crippen LogP contribution in [0, 0.1) is 6.92 Å². The molecule has 124 valence electrons. The van der Waals surface area contributed by atoms with Gasteiger partial charge in [0.25, 0.3) is 0 Å². The Hall–Kier alpha value is -2.69. The second-order valence-corrected chi connectivity index (χ2v) is 6.42. The summed E-state index contributed by atoms with van der Waals surface area (Å²) in [7, 11) is 0. The summed E-state index contributed by atoms with van der Waals surface area (Å²) in [6.45, 7) is 2.01. The molecule has 0 aliphatic carbocycles. The zero-order valence-electron chi connectivity index (χ0n) is 13.6. The van der Waals surface area contributed by atoms with Gasteiger partial charge in [-0.15, -0.1) is 10.2 Å². The van der Waals surface area contributed by atoms with E-state index in [0.29, 0.717) is 16.5 Å². The Kier molecular flexibility index (Phi) is 3.99. The van der Waals surface area contributed by atoms with E-state index in [9.17, 15) is 5.11 Å². The number of fused-ring (bicyclic) bond motifs is 1. The van der Waals surface area contributed by atoms with Crippen LogP contribution in [-0.4, -0.2) is 19.7 Å². The quantitative estimate of drug-likeness (QED) is 0.595. The second-order valence-electron chi connectivity index (χ2n) is 6.01. The van der Waals surface area contributed by atoms with E-state index in [2.05, 4.69) is 10.2 Å². The Balaban J connectivity index is 1.82. The summed E-state index contributed by atoms with van der Waals surface area (Å²) in [6.07, 6.45) is 1.15. The normalized spacial score (nSPS) is 12.4. The fraction of sp³-hybridized carbons (Fsp3) is 0.100. The number of benzene rings is 2. The summed E-state index contributed by atoms with van der Waals surface area (Å²) in [5.74, 6) is 0.652. The summed E-state index contributed by atoms with van der Waals surface area (Å²) in [5.41, 5.74) is 4.24. The maximum atomic E-state index is 10.7. The van der Waals surface area contributed by atoms with Crippen LogP contribution in [0.4, 0.5) is 0 Å². The number of pyridine rings is 1. The van der Waals surface area contributed by atoms with Crippen LogP contribution in [-0.2, 0) is 0 Å². The molecule has 1 atom stereocenters. The van der Waals surface area contributed by atoms with Crippen molar-refractivity contribution >= 4 is 17.2 Å². The van der Waals surface area contributed by atoms with Gasteiger partial charge < -0.3 is 5.11 Å². The molecule has 5 heteroatoms. The van der Waals surface area contributed by atoms with Crippen molar-refractivity contribution in [1.29, 1.82) is 0 Å². The molecule has 2 heterocycles. The average Bonchev–Trinajstić information content (AvgIpc) is 3.04. The molecule has 0 aliphatic heterocycles. The zero-order chi connectivity index (χ0) is 17.4. The predicted octanol–water partition coefficient (Wildman–Crippen LogP) is 4.44. The molecular weight excluding hydrogens is 334 g/mol. The van der Waals surface area contributed by atoms with Crippen LogP contribution in [0.3, 0.4) is 0 Å². The maximum Gasteiger partial charge on any atom is 0.169 e. The van der Waals surface area contributed by atoms with Gasteiger partial charge in [0.1, 0.15) is 6.10 Å². The van der Waals surface area contributed by atoms with E-state index >= 15 is 0 Å². The van der Waals surface area contributed by atoms with E-state index in [4.69, 9.17) is 11.6 Å². The first-order valence-electron chi connectivity index (χ1n) is 7.98. The molecule has 2 aromatic heterocycles. The third kappa shape index (κ3) is 2.90. The number of aromatic nitrogens is 3. The van der Waals surface area contributed by atoms with E-state index in [1.54, 1.807) is 0 Å². The lowest BCUT2D eigenvalue weighted by Gasteiger charge is -2.13. The summed E-state index contributed by atoms with van der Waals surface area (Å²) < 4.78 is 1.86. The number of hydrogen-bond acceptors (Lipinski definition) is 3. The van der Waals surface area contributed by atoms with Crippen LogP contribution in [0.15, 0.2) is 66.9 Å². The van der Waals surface area contributed by atoms with Crippen molar-refractivity contribution in [2.75, 3.05) is 0 Å². The highest BCUT2D eigenvalue weighted by molar-refractivity contribution is 6.33. The number of aryl methyl sites for hydroxylation is 1. The predicted molar refractivity (Wildman–Crippen MR) is 98.7 cm³/mol. The summed E-state index contributed by atoms with van der Waals surface area (Å²) in [4.78, 5) is 0. The number of halogens is 1. The second kappa shape index (κ2) is 6.31. The topological polar surface area (TPSA) is 50.4 Å². The van der Waals surface area contributed by atoms with E-state index in [0.717, 1.165) is 22.3 Å². The van der Waals surface area contributed by atoms with Gasteiger partial charge in [-0.3, -0.25) is 4.40 Å².